The van der Waals surface area contributed by atoms with Crippen molar-refractivity contribution in [1.82, 2.24) is 4.98 Å². The molecule has 160 valence electrons. The first-order chi connectivity index (χ1) is 13.3. The number of anilines is 1. The first-order valence-corrected chi connectivity index (χ1v) is 11.1. The van der Waals surface area contributed by atoms with Crippen molar-refractivity contribution in [2.45, 2.75) is 57.9 Å². The van der Waals surface area contributed by atoms with E-state index in [4.69, 9.17) is 16.0 Å². The Balaban J connectivity index is 2.01. The molecule has 1 heterocycles. The molecule has 0 radical (unpaired) electrons. The molecule has 1 aromatic carbocycles. The van der Waals surface area contributed by atoms with Gasteiger partial charge in [-0.2, -0.15) is 13.2 Å². The predicted molar refractivity (Wildman–Crippen MR) is 115 cm³/mol. The Hall–Kier alpha value is -1.57. The summed E-state index contributed by atoms with van der Waals surface area (Å²) in [5.74, 6) is 0. The molecule has 0 unspecified atom stereocenters. The lowest BCUT2D eigenvalue weighted by molar-refractivity contribution is -0.137. The van der Waals surface area contributed by atoms with Gasteiger partial charge in [-0.3, -0.25) is 4.98 Å². The number of hydrogen-bond acceptors (Lipinski definition) is 3. The Morgan fingerprint density at radius 3 is 2.31 bits per heavy atom. The van der Waals surface area contributed by atoms with Crippen molar-refractivity contribution in [1.29, 1.82) is 0 Å². The molecule has 0 aliphatic rings. The van der Waals surface area contributed by atoms with Crippen LogP contribution in [0.15, 0.2) is 36.5 Å². The van der Waals surface area contributed by atoms with Crippen molar-refractivity contribution in [3.8, 4) is 0 Å². The Kier molecular flexibility index (Phi) is 7.41. The third-order valence-corrected chi connectivity index (χ3v) is 6.40. The van der Waals surface area contributed by atoms with Crippen LogP contribution in [0.3, 0.4) is 0 Å². The van der Waals surface area contributed by atoms with Crippen LogP contribution in [-0.4, -0.2) is 21.3 Å². The van der Waals surface area contributed by atoms with Crippen LogP contribution in [0.4, 0.5) is 18.9 Å². The van der Waals surface area contributed by atoms with Gasteiger partial charge in [-0.1, -0.05) is 32.4 Å². The summed E-state index contributed by atoms with van der Waals surface area (Å²) in [6.07, 6.45) is -2.99. The van der Waals surface area contributed by atoms with Crippen LogP contribution >= 0.6 is 11.6 Å². The third kappa shape index (κ3) is 7.32. The molecule has 0 spiro atoms. The van der Waals surface area contributed by atoms with E-state index in [1.54, 1.807) is 0 Å². The maximum Gasteiger partial charge on any atom is 0.417 e. The summed E-state index contributed by atoms with van der Waals surface area (Å²) in [5.41, 5.74) is 1.15. The summed E-state index contributed by atoms with van der Waals surface area (Å²) in [4.78, 5) is 3.90. The van der Waals surface area contributed by atoms with E-state index in [2.05, 4.69) is 31.1 Å². The van der Waals surface area contributed by atoms with Gasteiger partial charge >= 0.3 is 6.18 Å². The van der Waals surface area contributed by atoms with Crippen LogP contribution in [-0.2, 0) is 22.6 Å². The van der Waals surface area contributed by atoms with Crippen LogP contribution in [0, 0.1) is 0 Å². The van der Waals surface area contributed by atoms with Gasteiger partial charge in [-0.05, 0) is 49.2 Å². The highest BCUT2D eigenvalue weighted by molar-refractivity contribution is 6.32. The average molecular weight is 445 g/mol. The lowest BCUT2D eigenvalue weighted by Gasteiger charge is -2.31. The first-order valence-electron chi connectivity index (χ1n) is 9.48. The average Bonchev–Trinajstić information content (AvgIpc) is 2.60. The van der Waals surface area contributed by atoms with Crippen LogP contribution in [0.2, 0.25) is 10.1 Å². The number of halogens is 4. The molecule has 3 nitrogen and oxygen atoms in total. The van der Waals surface area contributed by atoms with Crippen LogP contribution < -0.4 is 5.32 Å². The molecule has 0 saturated carbocycles. The lowest BCUT2D eigenvalue weighted by Crippen LogP contribution is -2.28. The normalized spacial score (nSPS) is 13.3. The number of nitrogens with zero attached hydrogens (tertiary/aromatic N) is 1. The smallest absolute Gasteiger partial charge is 0.414 e. The van der Waals surface area contributed by atoms with Gasteiger partial charge in [0.25, 0.3) is 0 Å². The Morgan fingerprint density at radius 1 is 1.07 bits per heavy atom. The van der Waals surface area contributed by atoms with E-state index in [9.17, 15) is 13.2 Å². The van der Waals surface area contributed by atoms with E-state index in [0.29, 0.717) is 23.7 Å². The Morgan fingerprint density at radius 2 is 1.76 bits per heavy atom. The van der Waals surface area contributed by atoms with Crippen molar-refractivity contribution in [2.75, 3.05) is 11.9 Å². The second-order valence-corrected chi connectivity index (χ2v) is 11.9. The zero-order valence-corrected chi connectivity index (χ0v) is 19.6. The SMILES string of the molecule is CC(C)(C)[SiH2]OC(C)(C)c1cc(NCCc2ccc(C(F)(F)F)cn2)ccc1Cl. The zero-order valence-electron chi connectivity index (χ0n) is 17.5. The Bertz CT molecular complexity index is 818. The summed E-state index contributed by atoms with van der Waals surface area (Å²) < 4.78 is 44.1. The van der Waals surface area contributed by atoms with Crippen LogP contribution in [0.1, 0.15) is 51.4 Å². The van der Waals surface area contributed by atoms with Gasteiger partial charge < -0.3 is 9.74 Å². The minimum absolute atomic E-state index is 0.175. The second kappa shape index (κ2) is 9.06. The zero-order chi connectivity index (χ0) is 21.9. The molecule has 2 aromatic rings. The summed E-state index contributed by atoms with van der Waals surface area (Å²) in [6.45, 7) is 11.1. The molecule has 8 heteroatoms. The van der Waals surface area contributed by atoms with Gasteiger partial charge in [0.2, 0.25) is 0 Å². The third-order valence-electron chi connectivity index (χ3n) is 4.34. The highest BCUT2D eigenvalue weighted by Crippen LogP contribution is 2.35. The molecule has 0 fully saturated rings. The largest absolute Gasteiger partial charge is 0.417 e. The van der Waals surface area contributed by atoms with Crippen molar-refractivity contribution >= 4 is 27.1 Å². The molecule has 0 saturated heterocycles. The second-order valence-electron chi connectivity index (χ2n) is 8.77. The monoisotopic (exact) mass is 444 g/mol. The molecule has 29 heavy (non-hydrogen) atoms. The van der Waals surface area contributed by atoms with Gasteiger partial charge in [0.1, 0.15) is 0 Å². The standard InChI is InChI=1S/C21H28ClF3N2OSi/c1-19(2,3)29-28-20(4,5)17-12-16(8-9-18(17)22)26-11-10-15-7-6-14(13-27-15)21(23,24)25/h6-9,12-13,26H,10-11,29H2,1-5H3. The number of nitrogens with one attached hydrogen (secondary N) is 1. The molecule has 0 aliphatic heterocycles. The fraction of sp³-hybridized carbons (Fsp3) is 0.476. The highest BCUT2D eigenvalue weighted by atomic mass is 35.5. The van der Waals surface area contributed by atoms with Crippen molar-refractivity contribution in [3.05, 3.63) is 58.4 Å². The minimum Gasteiger partial charge on any atom is -0.414 e. The van der Waals surface area contributed by atoms with E-state index in [0.717, 1.165) is 23.5 Å². The summed E-state index contributed by atoms with van der Waals surface area (Å²) >= 11 is 6.42. The number of pyridine rings is 1. The Labute approximate surface area is 178 Å². The topological polar surface area (TPSA) is 34.1 Å². The predicted octanol–water partition coefficient (Wildman–Crippen LogP) is 5.96. The summed E-state index contributed by atoms with van der Waals surface area (Å²) in [5, 5.41) is 4.11. The molecule has 1 aromatic heterocycles. The first kappa shape index (κ1) is 23.7. The number of rotatable bonds is 7. The van der Waals surface area contributed by atoms with Gasteiger partial charge in [-0.15, -0.1) is 0 Å². The molecule has 2 rings (SSSR count). The molecular weight excluding hydrogens is 417 g/mol. The number of alkyl halides is 3. The number of aromatic nitrogens is 1. The van der Waals surface area contributed by atoms with Crippen molar-refractivity contribution in [2.24, 2.45) is 0 Å². The van der Waals surface area contributed by atoms with Gasteiger partial charge in [-0.25, -0.2) is 0 Å². The van der Waals surface area contributed by atoms with Crippen LogP contribution in [0.25, 0.3) is 0 Å². The summed E-state index contributed by atoms with van der Waals surface area (Å²) in [6, 6.07) is 8.15. The van der Waals surface area contributed by atoms with Crippen molar-refractivity contribution in [3.63, 3.8) is 0 Å². The van der Waals surface area contributed by atoms with E-state index < -0.39 is 27.1 Å². The molecule has 1 N–H and O–H groups in total. The maximum absolute atomic E-state index is 12.6. The van der Waals surface area contributed by atoms with Gasteiger partial charge in [0.05, 0.1) is 11.2 Å². The quantitative estimate of drug-likeness (QED) is 0.535. The van der Waals surface area contributed by atoms with E-state index in [1.807, 2.05) is 32.0 Å². The molecule has 0 amide bonds. The van der Waals surface area contributed by atoms with E-state index in [-0.39, 0.29) is 5.04 Å². The fourth-order valence-electron chi connectivity index (χ4n) is 2.65. The number of benzene rings is 1. The van der Waals surface area contributed by atoms with Crippen LogP contribution in [0.5, 0.6) is 0 Å². The van der Waals surface area contributed by atoms with E-state index in [1.165, 1.54) is 6.07 Å². The number of hydrogen-bond donors (Lipinski definition) is 1. The van der Waals surface area contributed by atoms with Crippen molar-refractivity contribution < 1.29 is 17.6 Å². The molecule has 0 bridgehead atoms. The highest BCUT2D eigenvalue weighted by Gasteiger charge is 2.30. The van der Waals surface area contributed by atoms with Gasteiger partial charge in [0, 0.05) is 41.1 Å². The molecule has 0 aliphatic carbocycles. The fourth-order valence-corrected chi connectivity index (χ4v) is 3.94. The maximum atomic E-state index is 12.6. The lowest BCUT2D eigenvalue weighted by atomic mass is 9.98. The molecular formula is C21H28ClF3N2OSi. The molecule has 0 atom stereocenters. The minimum atomic E-state index is -4.37. The summed E-state index contributed by atoms with van der Waals surface area (Å²) in [7, 11) is -0.759. The van der Waals surface area contributed by atoms with E-state index >= 15 is 0 Å². The van der Waals surface area contributed by atoms with Gasteiger partial charge in [0.15, 0.2) is 9.76 Å².